The maximum absolute atomic E-state index is 13.1. The van der Waals surface area contributed by atoms with E-state index in [4.69, 9.17) is 5.26 Å². The van der Waals surface area contributed by atoms with Crippen molar-refractivity contribution in [3.8, 4) is 17.5 Å². The zero-order valence-electron chi connectivity index (χ0n) is 15.9. The quantitative estimate of drug-likeness (QED) is 0.597. The molecule has 1 unspecified atom stereocenters. The van der Waals surface area contributed by atoms with E-state index in [1.807, 2.05) is 0 Å². The summed E-state index contributed by atoms with van der Waals surface area (Å²) in [5.41, 5.74) is -3.78. The monoisotopic (exact) mass is 434 g/mol. The maximum atomic E-state index is 13.1. The molecule has 8 nitrogen and oxygen atoms in total. The molecule has 1 heterocycles. The molecule has 0 fully saturated rings. The summed E-state index contributed by atoms with van der Waals surface area (Å²) in [6.07, 6.45) is -4.80. The van der Waals surface area contributed by atoms with Crippen molar-refractivity contribution in [2.24, 2.45) is 0 Å². The second kappa shape index (κ2) is 8.11. The van der Waals surface area contributed by atoms with Crippen molar-refractivity contribution in [2.75, 3.05) is 5.32 Å². The van der Waals surface area contributed by atoms with E-state index >= 15 is 0 Å². The lowest BCUT2D eigenvalue weighted by Crippen LogP contribution is -2.44. The molecule has 0 aliphatic carbocycles. The minimum Gasteiger partial charge on any atom is -0.378 e. The van der Waals surface area contributed by atoms with E-state index in [0.717, 1.165) is 23.7 Å². The van der Waals surface area contributed by atoms with Gasteiger partial charge in [0.25, 0.3) is 5.91 Å². The molecule has 0 radical (unpaired) electrons. The summed E-state index contributed by atoms with van der Waals surface area (Å²) < 4.78 is 53.5. The molecule has 31 heavy (non-hydrogen) atoms. The van der Waals surface area contributed by atoms with Crippen molar-refractivity contribution in [1.82, 2.24) is 20.2 Å². The summed E-state index contributed by atoms with van der Waals surface area (Å²) in [4.78, 5) is 12.5. The summed E-state index contributed by atoms with van der Waals surface area (Å²) in [6, 6.07) is 9.25. The number of nitrogens with zero attached hydrogens (tertiary/aromatic N) is 5. The first kappa shape index (κ1) is 21.8. The fourth-order valence-corrected chi connectivity index (χ4v) is 2.70. The van der Waals surface area contributed by atoms with E-state index in [1.54, 1.807) is 0 Å². The fourth-order valence-electron chi connectivity index (χ4n) is 2.70. The predicted molar refractivity (Wildman–Crippen MR) is 98.6 cm³/mol. The number of hydrogen-bond acceptors (Lipinski definition) is 6. The Kier molecular flexibility index (Phi) is 5.72. The van der Waals surface area contributed by atoms with Crippen LogP contribution in [0.5, 0.6) is 0 Å². The fraction of sp³-hybridized carbons (Fsp3) is 0.211. The largest absolute Gasteiger partial charge is 0.417 e. The molecule has 3 rings (SSSR count). The maximum Gasteiger partial charge on any atom is 0.417 e. The average molecular weight is 434 g/mol. The highest BCUT2D eigenvalue weighted by molar-refractivity contribution is 5.97. The van der Waals surface area contributed by atoms with Gasteiger partial charge in [-0.2, -0.15) is 18.4 Å². The zero-order valence-corrected chi connectivity index (χ0v) is 15.9. The number of alkyl halides is 3. The van der Waals surface area contributed by atoms with E-state index in [0.29, 0.717) is 11.6 Å². The molecular formula is C19H14F4N6O2. The summed E-state index contributed by atoms with van der Waals surface area (Å²) in [5, 5.41) is 32.6. The van der Waals surface area contributed by atoms with Crippen LogP contribution in [0.25, 0.3) is 11.4 Å². The Balaban J connectivity index is 1.81. The number of carbonyl (C=O) groups excluding carboxylic acids is 1. The van der Waals surface area contributed by atoms with Gasteiger partial charge in [0.1, 0.15) is 5.82 Å². The van der Waals surface area contributed by atoms with Gasteiger partial charge in [0.05, 0.1) is 23.7 Å². The smallest absolute Gasteiger partial charge is 0.378 e. The van der Waals surface area contributed by atoms with E-state index in [2.05, 4.69) is 20.8 Å². The van der Waals surface area contributed by atoms with Gasteiger partial charge < -0.3 is 10.4 Å². The Labute approximate surface area is 172 Å². The molecule has 1 atom stereocenters. The molecule has 0 spiro atoms. The molecule has 12 heteroatoms. The lowest BCUT2D eigenvalue weighted by molar-refractivity contribution is -0.138. The summed E-state index contributed by atoms with van der Waals surface area (Å²) >= 11 is 0. The Hall–Kier alpha value is -3.85. The van der Waals surface area contributed by atoms with Gasteiger partial charge in [0.2, 0.25) is 0 Å². The summed E-state index contributed by atoms with van der Waals surface area (Å²) in [6.45, 7) is 0.688. The highest BCUT2D eigenvalue weighted by atomic mass is 19.4. The van der Waals surface area contributed by atoms with Crippen molar-refractivity contribution in [1.29, 1.82) is 5.26 Å². The van der Waals surface area contributed by atoms with Crippen molar-refractivity contribution >= 4 is 11.6 Å². The van der Waals surface area contributed by atoms with Crippen LogP contribution in [0.1, 0.15) is 18.1 Å². The van der Waals surface area contributed by atoms with Gasteiger partial charge in [-0.05, 0) is 59.8 Å². The second-order valence-electron chi connectivity index (χ2n) is 6.76. The van der Waals surface area contributed by atoms with Crippen LogP contribution >= 0.6 is 0 Å². The Morgan fingerprint density at radius 3 is 2.52 bits per heavy atom. The van der Waals surface area contributed by atoms with Crippen molar-refractivity contribution < 1.29 is 27.5 Å². The lowest BCUT2D eigenvalue weighted by Gasteiger charge is -2.23. The topological polar surface area (TPSA) is 117 Å². The van der Waals surface area contributed by atoms with Crippen molar-refractivity contribution in [2.45, 2.75) is 25.2 Å². The second-order valence-corrected chi connectivity index (χ2v) is 6.76. The normalized spacial score (nSPS) is 13.3. The molecule has 1 amide bonds. The zero-order chi connectivity index (χ0) is 22.8. The van der Waals surface area contributed by atoms with E-state index in [9.17, 15) is 27.5 Å². The molecule has 0 aliphatic rings. The Morgan fingerprint density at radius 1 is 1.23 bits per heavy atom. The van der Waals surface area contributed by atoms with Gasteiger partial charge in [-0.15, -0.1) is 5.10 Å². The first-order valence-electron chi connectivity index (χ1n) is 8.68. The lowest BCUT2D eigenvalue weighted by atomic mass is 10.0. The van der Waals surface area contributed by atoms with E-state index in [-0.39, 0.29) is 11.5 Å². The van der Waals surface area contributed by atoms with Crippen LogP contribution in [-0.4, -0.2) is 36.8 Å². The molecule has 160 valence electrons. The molecule has 0 saturated carbocycles. The minimum atomic E-state index is -4.80. The van der Waals surface area contributed by atoms with Gasteiger partial charge in [0, 0.05) is 11.3 Å². The van der Waals surface area contributed by atoms with Gasteiger partial charge in [0.15, 0.2) is 11.4 Å². The molecule has 0 bridgehead atoms. The third kappa shape index (κ3) is 4.84. The van der Waals surface area contributed by atoms with Crippen LogP contribution in [0.15, 0.2) is 42.5 Å². The first-order chi connectivity index (χ1) is 14.5. The van der Waals surface area contributed by atoms with Crippen molar-refractivity contribution in [3.05, 3.63) is 59.4 Å². The molecule has 0 saturated heterocycles. The van der Waals surface area contributed by atoms with Gasteiger partial charge >= 0.3 is 6.18 Å². The number of aromatic nitrogens is 4. The number of halogens is 4. The van der Waals surface area contributed by atoms with Crippen molar-refractivity contribution in [3.63, 3.8) is 0 Å². The van der Waals surface area contributed by atoms with Crippen LogP contribution in [0.4, 0.5) is 23.2 Å². The van der Waals surface area contributed by atoms with Crippen LogP contribution < -0.4 is 5.32 Å². The number of nitriles is 1. The van der Waals surface area contributed by atoms with Crippen LogP contribution in [0.3, 0.4) is 0 Å². The molecule has 3 aromatic rings. The third-order valence-corrected chi connectivity index (χ3v) is 4.28. The molecule has 2 N–H and O–H groups in total. The SMILES string of the molecule is CC(O)(Cn1nnnc1-c1ccc(F)cc1)C(=O)Nc1ccc(C#N)c(C(F)(F)F)c1. The van der Waals surface area contributed by atoms with E-state index in [1.165, 1.54) is 30.3 Å². The standard InChI is InChI=1S/C19H14F4N6O2/c1-18(31,10-29-16(26-27-28-29)11-2-5-13(20)6-3-11)17(30)25-14-7-4-12(9-24)15(8-14)19(21,22)23/h2-8,31H,10H2,1H3,(H,25,30). The Morgan fingerprint density at radius 2 is 1.90 bits per heavy atom. The average Bonchev–Trinajstić information content (AvgIpc) is 3.15. The van der Waals surface area contributed by atoms with Gasteiger partial charge in [-0.25, -0.2) is 9.07 Å². The van der Waals surface area contributed by atoms with Crippen LogP contribution in [0, 0.1) is 17.1 Å². The number of carbonyl (C=O) groups is 1. The number of anilines is 1. The molecule has 2 aromatic carbocycles. The summed E-state index contributed by atoms with van der Waals surface area (Å²) in [5.74, 6) is -1.36. The number of benzene rings is 2. The molecular weight excluding hydrogens is 420 g/mol. The number of rotatable bonds is 5. The van der Waals surface area contributed by atoms with Crippen LogP contribution in [0.2, 0.25) is 0 Å². The number of amides is 1. The predicted octanol–water partition coefficient (Wildman–Crippen LogP) is 2.76. The number of tetrazole rings is 1. The first-order valence-corrected chi connectivity index (χ1v) is 8.68. The Bertz CT molecular complexity index is 1150. The summed E-state index contributed by atoms with van der Waals surface area (Å²) in [7, 11) is 0. The molecule has 0 aliphatic heterocycles. The number of nitrogens with one attached hydrogen (secondary N) is 1. The van der Waals surface area contributed by atoms with Gasteiger partial charge in [-0.1, -0.05) is 0 Å². The number of hydrogen-bond donors (Lipinski definition) is 2. The van der Waals surface area contributed by atoms with Gasteiger partial charge in [-0.3, -0.25) is 4.79 Å². The third-order valence-electron chi connectivity index (χ3n) is 4.28. The highest BCUT2D eigenvalue weighted by Crippen LogP contribution is 2.33. The number of aliphatic hydroxyl groups is 1. The minimum absolute atomic E-state index is 0.144. The molecule has 1 aromatic heterocycles. The van der Waals surface area contributed by atoms with Crippen LogP contribution in [-0.2, 0) is 17.5 Å². The van der Waals surface area contributed by atoms with E-state index < -0.39 is 41.2 Å². The highest BCUT2D eigenvalue weighted by Gasteiger charge is 2.36.